The van der Waals surface area contributed by atoms with Crippen LogP contribution in [0.5, 0.6) is 5.75 Å². The van der Waals surface area contributed by atoms with E-state index in [1.807, 2.05) is 48.5 Å². The number of carboxylic acids is 1. The van der Waals surface area contributed by atoms with Gasteiger partial charge in [0.2, 0.25) is 11.8 Å². The molecule has 3 amide bonds. The SMILES string of the molecule is N[C@@H](C[C@]1(c2ccccc2)C=Nc2c(O)ccc(-c3ccc(N4CCC(CN5CC6(CCN(c7ccc8c(c7)CN(C7CCC(=O)NC7=O)C8=O)CC6)C5)CC4)cc3)c21)C(=O)O. The van der Waals surface area contributed by atoms with Gasteiger partial charge in [-0.3, -0.25) is 29.5 Å². The van der Waals surface area contributed by atoms with Crippen LogP contribution in [0.25, 0.3) is 11.1 Å². The maximum atomic E-state index is 13.2. The average Bonchev–Trinajstić information content (AvgIpc) is 3.82. The summed E-state index contributed by atoms with van der Waals surface area (Å²) in [5, 5.41) is 23.1. The van der Waals surface area contributed by atoms with Crippen molar-refractivity contribution in [3.63, 3.8) is 0 Å². The summed E-state index contributed by atoms with van der Waals surface area (Å²) in [4.78, 5) is 63.2. The summed E-state index contributed by atoms with van der Waals surface area (Å²) >= 11 is 0. The van der Waals surface area contributed by atoms with E-state index in [1.165, 1.54) is 5.69 Å². The second kappa shape index (κ2) is 15.7. The fraction of sp³-hybridized carbons (Fsp3) is 0.408. The molecule has 13 heteroatoms. The zero-order chi connectivity index (χ0) is 42.8. The highest BCUT2D eigenvalue weighted by Gasteiger charge is 2.47. The number of hydrogen-bond acceptors (Lipinski definition) is 10. The predicted octanol–water partition coefficient (Wildman–Crippen LogP) is 5.44. The van der Waals surface area contributed by atoms with E-state index in [2.05, 4.69) is 55.3 Å². The number of phenolic OH excluding ortho intramolecular Hbond substituents is 1. The van der Waals surface area contributed by atoms with Crippen LogP contribution in [0.2, 0.25) is 0 Å². The number of hydrogen-bond donors (Lipinski definition) is 4. The second-order valence-corrected chi connectivity index (χ2v) is 18.5. The number of carboxylic acid groups (broad SMARTS) is 1. The van der Waals surface area contributed by atoms with E-state index in [4.69, 9.17) is 5.73 Å². The number of aliphatic carboxylic acids is 1. The Bertz CT molecular complexity index is 2450. The summed E-state index contributed by atoms with van der Waals surface area (Å²) in [5.74, 6) is -1.15. The van der Waals surface area contributed by atoms with Gasteiger partial charge in [0.1, 0.15) is 23.5 Å². The van der Waals surface area contributed by atoms with Crippen molar-refractivity contribution in [1.82, 2.24) is 15.1 Å². The lowest BCUT2D eigenvalue weighted by molar-refractivity contribution is -0.139. The first-order valence-corrected chi connectivity index (χ1v) is 22.1. The van der Waals surface area contributed by atoms with E-state index in [0.717, 1.165) is 105 Å². The average molecular weight is 836 g/mol. The molecule has 0 radical (unpaired) electrons. The summed E-state index contributed by atoms with van der Waals surface area (Å²) in [6.45, 7) is 7.84. The van der Waals surface area contributed by atoms with Crippen LogP contribution < -0.4 is 20.9 Å². The molecular weight excluding hydrogens is 783 g/mol. The van der Waals surface area contributed by atoms with Crippen molar-refractivity contribution in [3.05, 3.63) is 107 Å². The van der Waals surface area contributed by atoms with Crippen LogP contribution in [-0.2, 0) is 26.3 Å². The maximum Gasteiger partial charge on any atom is 0.320 e. The lowest BCUT2D eigenvalue weighted by Gasteiger charge is -2.55. The van der Waals surface area contributed by atoms with Crippen LogP contribution >= 0.6 is 0 Å². The van der Waals surface area contributed by atoms with E-state index < -0.39 is 23.5 Å². The van der Waals surface area contributed by atoms with Gasteiger partial charge in [-0.1, -0.05) is 48.5 Å². The number of carbonyl (C=O) groups is 4. The number of nitrogens with zero attached hydrogens (tertiary/aromatic N) is 5. The van der Waals surface area contributed by atoms with Crippen LogP contribution in [0.3, 0.4) is 0 Å². The predicted molar refractivity (Wildman–Crippen MR) is 237 cm³/mol. The Morgan fingerprint density at radius 1 is 0.855 bits per heavy atom. The van der Waals surface area contributed by atoms with Crippen molar-refractivity contribution in [2.24, 2.45) is 22.1 Å². The van der Waals surface area contributed by atoms with Gasteiger partial charge in [-0.15, -0.1) is 0 Å². The van der Waals surface area contributed by atoms with Gasteiger partial charge in [0.05, 0.1) is 5.41 Å². The molecule has 320 valence electrons. The summed E-state index contributed by atoms with van der Waals surface area (Å²) in [6, 6.07) is 26.2. The molecule has 0 aromatic heterocycles. The molecule has 0 saturated carbocycles. The molecule has 1 spiro atoms. The molecule has 6 heterocycles. The number of nitrogens with two attached hydrogens (primary N) is 1. The number of imide groups is 1. The van der Waals surface area contributed by atoms with Gasteiger partial charge in [-0.05, 0) is 109 Å². The van der Waals surface area contributed by atoms with Crippen LogP contribution in [0.15, 0.2) is 89.9 Å². The molecule has 62 heavy (non-hydrogen) atoms. The number of piperidine rings is 3. The topological polar surface area (TPSA) is 172 Å². The van der Waals surface area contributed by atoms with E-state index in [0.29, 0.717) is 35.5 Å². The number of nitrogens with one attached hydrogen (secondary N) is 1. The van der Waals surface area contributed by atoms with Crippen LogP contribution in [-0.4, -0.2) is 108 Å². The highest BCUT2D eigenvalue weighted by Crippen LogP contribution is 2.52. The first-order valence-electron chi connectivity index (χ1n) is 22.1. The largest absolute Gasteiger partial charge is 0.506 e. The van der Waals surface area contributed by atoms with Gasteiger partial charge in [-0.25, -0.2) is 0 Å². The second-order valence-electron chi connectivity index (χ2n) is 18.5. The number of phenols is 1. The van der Waals surface area contributed by atoms with Crippen LogP contribution in [0.4, 0.5) is 17.1 Å². The molecule has 5 N–H and O–H groups in total. The third-order valence-corrected chi connectivity index (χ3v) is 14.7. The summed E-state index contributed by atoms with van der Waals surface area (Å²) in [6.07, 6.45) is 7.07. The van der Waals surface area contributed by atoms with E-state index >= 15 is 0 Å². The van der Waals surface area contributed by atoms with Gasteiger partial charge < -0.3 is 35.5 Å². The molecule has 3 atom stereocenters. The van der Waals surface area contributed by atoms with Gasteiger partial charge in [-0.2, -0.15) is 0 Å². The Kier molecular flexibility index (Phi) is 10.1. The smallest absolute Gasteiger partial charge is 0.320 e. The minimum Gasteiger partial charge on any atom is -0.506 e. The molecule has 0 bridgehead atoms. The van der Waals surface area contributed by atoms with Crippen molar-refractivity contribution < 1.29 is 29.4 Å². The van der Waals surface area contributed by atoms with Crippen molar-refractivity contribution in [3.8, 4) is 16.9 Å². The summed E-state index contributed by atoms with van der Waals surface area (Å²) in [7, 11) is 0. The Hall–Kier alpha value is -6.05. The van der Waals surface area contributed by atoms with Crippen molar-refractivity contribution in [2.75, 3.05) is 55.6 Å². The number of aromatic hydroxyl groups is 1. The van der Waals surface area contributed by atoms with Gasteiger partial charge >= 0.3 is 5.97 Å². The summed E-state index contributed by atoms with van der Waals surface area (Å²) in [5.41, 5.74) is 13.5. The molecule has 0 aliphatic carbocycles. The number of rotatable bonds is 10. The molecule has 4 aromatic carbocycles. The van der Waals surface area contributed by atoms with E-state index in [-0.39, 0.29) is 36.3 Å². The Balaban J connectivity index is 0.726. The quantitative estimate of drug-likeness (QED) is 0.151. The fourth-order valence-corrected chi connectivity index (χ4v) is 11.2. The normalized spacial score (nSPS) is 23.9. The van der Waals surface area contributed by atoms with Crippen molar-refractivity contribution >= 4 is 47.0 Å². The number of aliphatic imine (C=N–C) groups is 1. The first-order chi connectivity index (χ1) is 30.0. The number of anilines is 2. The fourth-order valence-electron chi connectivity index (χ4n) is 11.2. The minimum atomic E-state index is -1.13. The van der Waals surface area contributed by atoms with Gasteiger partial charge in [0.25, 0.3) is 5.91 Å². The highest BCUT2D eigenvalue weighted by molar-refractivity contribution is 6.05. The number of likely N-dealkylation sites (tertiary alicyclic amines) is 1. The van der Waals surface area contributed by atoms with E-state index in [1.54, 1.807) is 17.2 Å². The number of benzene rings is 4. The Morgan fingerprint density at radius 2 is 1.55 bits per heavy atom. The number of fused-ring (bicyclic) bond motifs is 2. The lowest BCUT2D eigenvalue weighted by atomic mass is 9.69. The van der Waals surface area contributed by atoms with Gasteiger partial charge in [0.15, 0.2) is 0 Å². The molecule has 10 rings (SSSR count). The van der Waals surface area contributed by atoms with Crippen molar-refractivity contribution in [1.29, 1.82) is 0 Å². The Morgan fingerprint density at radius 3 is 2.26 bits per heavy atom. The van der Waals surface area contributed by atoms with Crippen LogP contribution in [0, 0.1) is 11.3 Å². The third kappa shape index (κ3) is 7.10. The monoisotopic (exact) mass is 835 g/mol. The van der Waals surface area contributed by atoms with Gasteiger partial charge in [0, 0.05) is 87.5 Å². The standard InChI is InChI=1S/C49H53N7O6/c50-39(47(61)62)25-49(34-4-2-1-3-5-34)28-51-44-41(57)14-12-37(43(44)49)32-6-8-35(9-7-32)54-20-16-31(17-21-54)26-53-29-48(30-53)18-22-55(23-19-48)36-10-11-38-33(24-36)27-56(46(38)60)40-13-15-42(58)52-45(40)59/h1-12,14,24,28,31,39-40,57H,13,15-23,25-27,29-30,50H2,(H,61,62)(H,52,58,59)/t39-,40?,49+/m0/s1. The molecule has 6 aliphatic rings. The van der Waals surface area contributed by atoms with Crippen LogP contribution in [0.1, 0.15) is 72.0 Å². The molecule has 4 fully saturated rings. The molecule has 6 aliphatic heterocycles. The first kappa shape index (κ1) is 40.0. The third-order valence-electron chi connectivity index (χ3n) is 14.7. The number of carbonyl (C=O) groups excluding carboxylic acids is 3. The van der Waals surface area contributed by atoms with E-state index in [9.17, 15) is 29.4 Å². The molecular formula is C49H53N7O6. The maximum absolute atomic E-state index is 13.2. The Labute approximate surface area is 361 Å². The van der Waals surface area contributed by atoms with Crippen molar-refractivity contribution in [2.45, 2.75) is 69.0 Å². The zero-order valence-corrected chi connectivity index (χ0v) is 34.8. The number of amides is 3. The minimum absolute atomic E-state index is 0.0510. The molecule has 4 aromatic rings. The lowest BCUT2D eigenvalue weighted by Crippen LogP contribution is -2.61. The molecule has 1 unspecified atom stereocenters. The highest BCUT2D eigenvalue weighted by atomic mass is 16.4. The molecule has 13 nitrogen and oxygen atoms in total. The summed E-state index contributed by atoms with van der Waals surface area (Å²) < 4.78 is 0. The zero-order valence-electron chi connectivity index (χ0n) is 34.8. The molecule has 4 saturated heterocycles.